The minimum atomic E-state index is 0.216. The van der Waals surface area contributed by atoms with Gasteiger partial charge >= 0.3 is 0 Å². The zero-order valence-corrected chi connectivity index (χ0v) is 18.3. The van der Waals surface area contributed by atoms with Crippen LogP contribution in [0.5, 0.6) is 11.5 Å². The van der Waals surface area contributed by atoms with E-state index in [-0.39, 0.29) is 11.9 Å². The molecule has 0 saturated carbocycles. The highest BCUT2D eigenvalue weighted by atomic mass is 16.5. The summed E-state index contributed by atoms with van der Waals surface area (Å²) in [6, 6.07) is 23.3. The molecular weight excluding hydrogens is 400 g/mol. The molecular formula is C27H26N2O3. The van der Waals surface area contributed by atoms with Crippen LogP contribution < -0.4 is 4.74 Å². The molecule has 0 amide bonds. The van der Waals surface area contributed by atoms with Crippen molar-refractivity contribution in [2.24, 2.45) is 0 Å². The predicted octanol–water partition coefficient (Wildman–Crippen LogP) is 5.77. The van der Waals surface area contributed by atoms with Crippen LogP contribution in [0.15, 0.2) is 77.3 Å². The van der Waals surface area contributed by atoms with Crippen LogP contribution in [0.2, 0.25) is 0 Å². The van der Waals surface area contributed by atoms with Crippen LogP contribution in [-0.2, 0) is 0 Å². The van der Waals surface area contributed by atoms with Crippen molar-refractivity contribution < 1.29 is 14.4 Å². The number of hydrogen-bond acceptors (Lipinski definition) is 5. The first-order valence-corrected chi connectivity index (χ1v) is 11.0. The molecule has 1 aromatic heterocycles. The summed E-state index contributed by atoms with van der Waals surface area (Å²) in [4.78, 5) is 2.36. The minimum Gasteiger partial charge on any atom is -0.508 e. The first-order valence-electron chi connectivity index (χ1n) is 11.0. The third kappa shape index (κ3) is 3.87. The Morgan fingerprint density at radius 1 is 0.969 bits per heavy atom. The number of ether oxygens (including phenoxy) is 1. The molecule has 1 fully saturated rings. The Kier molecular flexibility index (Phi) is 5.41. The molecule has 3 aromatic carbocycles. The summed E-state index contributed by atoms with van der Waals surface area (Å²) in [5, 5.41) is 14.2. The van der Waals surface area contributed by atoms with Gasteiger partial charge in [0, 0.05) is 24.2 Å². The van der Waals surface area contributed by atoms with Gasteiger partial charge in [-0.3, -0.25) is 4.90 Å². The van der Waals surface area contributed by atoms with Gasteiger partial charge in [-0.25, -0.2) is 0 Å². The van der Waals surface area contributed by atoms with Crippen LogP contribution in [-0.4, -0.2) is 40.9 Å². The number of nitrogens with zero attached hydrogens (tertiary/aromatic N) is 2. The third-order valence-electron chi connectivity index (χ3n) is 6.04. The van der Waals surface area contributed by atoms with Crippen molar-refractivity contribution in [2.45, 2.75) is 20.0 Å². The number of aryl methyl sites for hydroxylation is 1. The summed E-state index contributed by atoms with van der Waals surface area (Å²) in [7, 11) is 0. The Bertz CT molecular complexity index is 1210. The molecule has 1 saturated heterocycles. The van der Waals surface area contributed by atoms with Gasteiger partial charge in [0.1, 0.15) is 23.3 Å². The highest BCUT2D eigenvalue weighted by Crippen LogP contribution is 2.41. The van der Waals surface area contributed by atoms with E-state index in [0.717, 1.165) is 58.9 Å². The highest BCUT2D eigenvalue weighted by molar-refractivity contribution is 5.91. The Labute approximate surface area is 187 Å². The molecule has 1 N–H and O–H groups in total. The highest BCUT2D eigenvalue weighted by Gasteiger charge is 2.27. The molecule has 0 radical (unpaired) electrons. The topological polar surface area (TPSA) is 58.7 Å². The van der Waals surface area contributed by atoms with Crippen molar-refractivity contribution in [3.63, 3.8) is 0 Å². The maximum atomic E-state index is 9.71. The first-order chi connectivity index (χ1) is 15.6. The molecule has 5 heteroatoms. The van der Waals surface area contributed by atoms with E-state index in [9.17, 15) is 5.11 Å². The third-order valence-corrected chi connectivity index (χ3v) is 6.04. The molecule has 2 heterocycles. The van der Waals surface area contributed by atoms with Crippen LogP contribution in [0.3, 0.4) is 0 Å². The molecule has 0 aliphatic carbocycles. The van der Waals surface area contributed by atoms with E-state index in [2.05, 4.69) is 48.2 Å². The van der Waals surface area contributed by atoms with E-state index >= 15 is 0 Å². The van der Waals surface area contributed by atoms with Crippen molar-refractivity contribution in [2.75, 3.05) is 19.6 Å². The number of rotatable bonds is 6. The number of hydrogen-bond donors (Lipinski definition) is 1. The van der Waals surface area contributed by atoms with Gasteiger partial charge in [-0.2, -0.15) is 0 Å². The molecule has 1 aliphatic rings. The molecule has 1 aliphatic heterocycles. The molecule has 162 valence electrons. The smallest absolute Gasteiger partial charge is 0.175 e. The second kappa shape index (κ2) is 8.52. The van der Waals surface area contributed by atoms with Gasteiger partial charge in [0.15, 0.2) is 5.76 Å². The fourth-order valence-electron chi connectivity index (χ4n) is 4.14. The molecule has 0 bridgehead atoms. The Morgan fingerprint density at radius 2 is 1.66 bits per heavy atom. The molecule has 0 atom stereocenters. The largest absolute Gasteiger partial charge is 0.508 e. The van der Waals surface area contributed by atoms with Crippen LogP contribution in [0, 0.1) is 6.92 Å². The average Bonchev–Trinajstić information content (AvgIpc) is 3.22. The minimum absolute atomic E-state index is 0.216. The maximum absolute atomic E-state index is 9.71. The van der Waals surface area contributed by atoms with E-state index in [1.54, 1.807) is 12.1 Å². The predicted molar refractivity (Wildman–Crippen MR) is 126 cm³/mol. The Hall–Kier alpha value is -3.57. The van der Waals surface area contributed by atoms with Gasteiger partial charge in [0.2, 0.25) is 0 Å². The fourth-order valence-corrected chi connectivity index (χ4v) is 4.14. The molecule has 32 heavy (non-hydrogen) atoms. The number of phenolic OH excluding ortho intramolecular Hbond substituents is 1. The van der Waals surface area contributed by atoms with E-state index < -0.39 is 0 Å². The number of phenols is 1. The maximum Gasteiger partial charge on any atom is 0.175 e. The second-order valence-electron chi connectivity index (χ2n) is 8.21. The van der Waals surface area contributed by atoms with Gasteiger partial charge in [0.05, 0.1) is 5.56 Å². The van der Waals surface area contributed by atoms with E-state index in [0.29, 0.717) is 5.76 Å². The monoisotopic (exact) mass is 426 g/mol. The fraction of sp³-hybridized carbons (Fsp3) is 0.222. The van der Waals surface area contributed by atoms with Crippen LogP contribution in [0.4, 0.5) is 0 Å². The zero-order valence-electron chi connectivity index (χ0n) is 18.3. The van der Waals surface area contributed by atoms with Gasteiger partial charge in [0.25, 0.3) is 0 Å². The standard InChI is InChI=1S/C27H26N2O3/c1-3-29-16-23(17-29)31-22-14-10-19(11-15-22)25-26(24-7-5-4-6-18(24)2)28-32-27(25)20-8-12-21(30)13-9-20/h4-15,23,30H,3,16-17H2,1-2H3. The zero-order chi connectivity index (χ0) is 22.1. The first kappa shape index (κ1) is 20.3. The molecule has 0 spiro atoms. The number of aromatic hydroxyl groups is 1. The molecule has 5 nitrogen and oxygen atoms in total. The molecule has 0 unspecified atom stereocenters. The molecule has 4 aromatic rings. The summed E-state index contributed by atoms with van der Waals surface area (Å²) in [6.45, 7) is 7.26. The SMILES string of the molecule is CCN1CC(Oc2ccc(-c3c(-c4ccccc4C)noc3-c3ccc(O)cc3)cc2)C1. The van der Waals surface area contributed by atoms with E-state index in [4.69, 9.17) is 9.26 Å². The summed E-state index contributed by atoms with van der Waals surface area (Å²) in [6.07, 6.45) is 0.256. The average molecular weight is 427 g/mol. The van der Waals surface area contributed by atoms with Crippen molar-refractivity contribution >= 4 is 0 Å². The lowest BCUT2D eigenvalue weighted by molar-refractivity contribution is 0.0238. The van der Waals surface area contributed by atoms with Crippen LogP contribution in [0.25, 0.3) is 33.7 Å². The number of likely N-dealkylation sites (N-methyl/N-ethyl adjacent to an activating group) is 1. The van der Waals surface area contributed by atoms with Crippen molar-refractivity contribution in [3.8, 4) is 45.2 Å². The van der Waals surface area contributed by atoms with Crippen LogP contribution >= 0.6 is 0 Å². The summed E-state index contributed by atoms with van der Waals surface area (Å²) >= 11 is 0. The number of aromatic nitrogens is 1. The summed E-state index contributed by atoms with van der Waals surface area (Å²) < 4.78 is 12.0. The normalized spacial score (nSPS) is 14.3. The van der Waals surface area contributed by atoms with Gasteiger partial charge in [-0.15, -0.1) is 0 Å². The summed E-state index contributed by atoms with van der Waals surface area (Å²) in [5.74, 6) is 1.76. The Balaban J connectivity index is 1.53. The number of benzene rings is 3. The van der Waals surface area contributed by atoms with Gasteiger partial charge in [-0.1, -0.05) is 48.5 Å². The lowest BCUT2D eigenvalue weighted by atomic mass is 9.94. The van der Waals surface area contributed by atoms with Gasteiger partial charge < -0.3 is 14.4 Å². The number of likely N-dealkylation sites (tertiary alicyclic amines) is 1. The lowest BCUT2D eigenvalue weighted by Crippen LogP contribution is -2.53. The van der Waals surface area contributed by atoms with E-state index in [1.165, 1.54) is 0 Å². The second-order valence-corrected chi connectivity index (χ2v) is 8.21. The quantitative estimate of drug-likeness (QED) is 0.424. The lowest BCUT2D eigenvalue weighted by Gasteiger charge is -2.38. The van der Waals surface area contributed by atoms with Gasteiger partial charge in [-0.05, 0) is 61.0 Å². The van der Waals surface area contributed by atoms with Crippen LogP contribution in [0.1, 0.15) is 12.5 Å². The summed E-state index contributed by atoms with van der Waals surface area (Å²) in [5.41, 5.74) is 5.76. The Morgan fingerprint density at radius 3 is 2.34 bits per heavy atom. The van der Waals surface area contributed by atoms with Crippen molar-refractivity contribution in [1.29, 1.82) is 0 Å². The van der Waals surface area contributed by atoms with Crippen molar-refractivity contribution in [3.05, 3.63) is 78.4 Å². The van der Waals surface area contributed by atoms with Crippen molar-refractivity contribution in [1.82, 2.24) is 10.1 Å². The molecule has 5 rings (SSSR count). The van der Waals surface area contributed by atoms with E-state index in [1.807, 2.05) is 36.4 Å².